The number of benzene rings is 1. The van der Waals surface area contributed by atoms with E-state index in [0.717, 1.165) is 11.8 Å². The van der Waals surface area contributed by atoms with Crippen molar-refractivity contribution in [2.45, 2.75) is 12.1 Å². The standard InChI is InChI=1S/C21H20ClFN4O4S2/c1-31-21(30)16-14(9-27-5-7-32-10-15(27)20(28)29)25-18(19-24-4-6-33-19)26-17(16)12-3-2-11(23)8-13(12)22/h2-4,6,8,15,17H,5,7,9-10H2,1H3,(H,25,26)(H,28,29). The van der Waals surface area contributed by atoms with Gasteiger partial charge in [0.2, 0.25) is 0 Å². The number of rotatable bonds is 6. The van der Waals surface area contributed by atoms with Crippen LogP contribution < -0.4 is 5.32 Å². The molecule has 3 heterocycles. The summed E-state index contributed by atoms with van der Waals surface area (Å²) in [6.07, 6.45) is 1.63. The van der Waals surface area contributed by atoms with Crippen LogP contribution in [0.1, 0.15) is 16.6 Å². The van der Waals surface area contributed by atoms with E-state index in [9.17, 15) is 19.1 Å². The number of carbonyl (C=O) groups excluding carboxylic acids is 1. The zero-order chi connectivity index (χ0) is 23.5. The fraction of sp³-hybridized carbons (Fsp3) is 0.333. The number of carboxylic acids is 1. The van der Waals surface area contributed by atoms with Gasteiger partial charge in [-0.1, -0.05) is 17.7 Å². The number of carbonyl (C=O) groups is 2. The molecule has 33 heavy (non-hydrogen) atoms. The van der Waals surface area contributed by atoms with Crippen LogP contribution in [0.3, 0.4) is 0 Å². The number of aromatic nitrogens is 1. The maximum absolute atomic E-state index is 13.7. The molecule has 2 N–H and O–H groups in total. The third-order valence-electron chi connectivity index (χ3n) is 5.31. The van der Waals surface area contributed by atoms with Gasteiger partial charge in [-0.05, 0) is 12.1 Å². The Labute approximate surface area is 202 Å². The molecule has 174 valence electrons. The molecule has 1 fully saturated rings. The molecule has 2 aliphatic heterocycles. The number of aliphatic carboxylic acids is 1. The number of halogens is 2. The van der Waals surface area contributed by atoms with E-state index in [2.05, 4.69) is 15.3 Å². The van der Waals surface area contributed by atoms with Crippen LogP contribution in [0, 0.1) is 5.82 Å². The average Bonchev–Trinajstić information content (AvgIpc) is 3.33. The van der Waals surface area contributed by atoms with Crippen LogP contribution in [-0.2, 0) is 14.3 Å². The number of thioether (sulfide) groups is 1. The van der Waals surface area contributed by atoms with Gasteiger partial charge in [0.25, 0.3) is 0 Å². The van der Waals surface area contributed by atoms with Gasteiger partial charge in [0, 0.05) is 52.5 Å². The van der Waals surface area contributed by atoms with Crippen LogP contribution in [-0.4, -0.2) is 70.5 Å². The Hall–Kier alpha value is -2.47. The first kappa shape index (κ1) is 23.7. The lowest BCUT2D eigenvalue weighted by Crippen LogP contribution is -2.50. The third-order valence-corrected chi connectivity index (χ3v) is 7.44. The van der Waals surface area contributed by atoms with Crippen LogP contribution in [0.25, 0.3) is 0 Å². The zero-order valence-corrected chi connectivity index (χ0v) is 19.8. The van der Waals surface area contributed by atoms with Crippen molar-refractivity contribution in [2.75, 3.05) is 31.7 Å². The topological polar surface area (TPSA) is 104 Å². The van der Waals surface area contributed by atoms with Gasteiger partial charge in [0.1, 0.15) is 17.9 Å². The molecule has 8 nitrogen and oxygen atoms in total. The lowest BCUT2D eigenvalue weighted by Gasteiger charge is -2.35. The van der Waals surface area contributed by atoms with Crippen molar-refractivity contribution < 1.29 is 23.8 Å². The number of methoxy groups -OCH3 is 1. The summed E-state index contributed by atoms with van der Waals surface area (Å²) in [4.78, 5) is 35.5. The fourth-order valence-corrected chi connectivity index (χ4v) is 5.69. The number of ether oxygens (including phenoxy) is 1. The highest BCUT2D eigenvalue weighted by atomic mass is 35.5. The number of hydrogen-bond donors (Lipinski definition) is 2. The molecule has 2 unspecified atom stereocenters. The molecule has 0 saturated carbocycles. The SMILES string of the molecule is COC(=O)C1=C(CN2CCSCC2C(=O)O)NC(c2nccs2)=NC1c1ccc(F)cc1Cl. The largest absolute Gasteiger partial charge is 0.480 e. The predicted octanol–water partition coefficient (Wildman–Crippen LogP) is 2.96. The normalized spacial score (nSPS) is 21.4. The number of nitrogens with zero attached hydrogens (tertiary/aromatic N) is 3. The summed E-state index contributed by atoms with van der Waals surface area (Å²) in [6.45, 7) is 0.689. The Balaban J connectivity index is 1.83. The molecule has 1 aromatic heterocycles. The summed E-state index contributed by atoms with van der Waals surface area (Å²) in [5, 5.41) is 15.4. The molecule has 0 spiro atoms. The van der Waals surface area contributed by atoms with Crippen molar-refractivity contribution in [2.24, 2.45) is 4.99 Å². The lowest BCUT2D eigenvalue weighted by molar-refractivity contribution is -0.142. The van der Waals surface area contributed by atoms with Gasteiger partial charge in [-0.15, -0.1) is 11.3 Å². The molecule has 0 bridgehead atoms. The highest BCUT2D eigenvalue weighted by Gasteiger charge is 2.36. The van der Waals surface area contributed by atoms with E-state index in [0.29, 0.717) is 34.4 Å². The average molecular weight is 511 g/mol. The molecule has 4 rings (SSSR count). The van der Waals surface area contributed by atoms with Crippen molar-refractivity contribution >= 4 is 52.5 Å². The molecular formula is C21H20ClFN4O4S2. The Morgan fingerprint density at radius 1 is 1.42 bits per heavy atom. The summed E-state index contributed by atoms with van der Waals surface area (Å²) in [5.41, 5.74) is 1.06. The molecule has 0 radical (unpaired) electrons. The fourth-order valence-electron chi connectivity index (χ4n) is 3.73. The third kappa shape index (κ3) is 5.06. The van der Waals surface area contributed by atoms with Crippen molar-refractivity contribution in [3.8, 4) is 0 Å². The van der Waals surface area contributed by atoms with E-state index in [1.807, 2.05) is 0 Å². The first-order valence-electron chi connectivity index (χ1n) is 9.94. The van der Waals surface area contributed by atoms with E-state index >= 15 is 0 Å². The summed E-state index contributed by atoms with van der Waals surface area (Å²) in [7, 11) is 1.26. The Bertz CT molecular complexity index is 1130. The maximum Gasteiger partial charge on any atom is 0.338 e. The van der Waals surface area contributed by atoms with Crippen LogP contribution in [0.5, 0.6) is 0 Å². The van der Waals surface area contributed by atoms with Crippen LogP contribution in [0.2, 0.25) is 5.02 Å². The molecule has 1 saturated heterocycles. The minimum Gasteiger partial charge on any atom is -0.480 e. The highest BCUT2D eigenvalue weighted by molar-refractivity contribution is 7.99. The highest BCUT2D eigenvalue weighted by Crippen LogP contribution is 2.37. The zero-order valence-electron chi connectivity index (χ0n) is 17.5. The van der Waals surface area contributed by atoms with Crippen LogP contribution in [0.15, 0.2) is 46.0 Å². The van der Waals surface area contributed by atoms with Crippen LogP contribution in [0.4, 0.5) is 4.39 Å². The molecule has 0 amide bonds. The molecule has 2 aromatic rings. The number of aliphatic imine (C=N–C) groups is 1. The van der Waals surface area contributed by atoms with E-state index in [1.165, 1.54) is 30.6 Å². The van der Waals surface area contributed by atoms with E-state index in [-0.39, 0.29) is 17.1 Å². The van der Waals surface area contributed by atoms with Gasteiger partial charge in [0.05, 0.1) is 12.7 Å². The minimum atomic E-state index is -0.926. The molecular weight excluding hydrogens is 491 g/mol. The van der Waals surface area contributed by atoms with Gasteiger partial charge >= 0.3 is 11.9 Å². The maximum atomic E-state index is 13.7. The Kier molecular flexibility index (Phi) is 7.32. The summed E-state index contributed by atoms with van der Waals surface area (Å²) >= 11 is 9.27. The number of nitrogens with one attached hydrogen (secondary N) is 1. The first-order chi connectivity index (χ1) is 15.9. The van der Waals surface area contributed by atoms with Crippen molar-refractivity contribution in [1.82, 2.24) is 15.2 Å². The smallest absolute Gasteiger partial charge is 0.338 e. The number of thiazole rings is 1. The van der Waals surface area contributed by atoms with Crippen molar-refractivity contribution in [3.63, 3.8) is 0 Å². The van der Waals surface area contributed by atoms with Gasteiger partial charge in [-0.2, -0.15) is 11.8 Å². The molecule has 2 aliphatic rings. The number of carboxylic acid groups (broad SMARTS) is 1. The minimum absolute atomic E-state index is 0.114. The number of esters is 1. The van der Waals surface area contributed by atoms with Gasteiger partial charge in [-0.25, -0.2) is 14.2 Å². The van der Waals surface area contributed by atoms with E-state index < -0.39 is 29.8 Å². The quantitative estimate of drug-likeness (QED) is 0.572. The monoisotopic (exact) mass is 510 g/mol. The van der Waals surface area contributed by atoms with Gasteiger partial charge < -0.3 is 15.2 Å². The second-order valence-electron chi connectivity index (χ2n) is 7.29. The van der Waals surface area contributed by atoms with Gasteiger partial charge in [-0.3, -0.25) is 14.7 Å². The second-order valence-corrected chi connectivity index (χ2v) is 9.74. The lowest BCUT2D eigenvalue weighted by atomic mass is 9.95. The first-order valence-corrected chi connectivity index (χ1v) is 12.4. The Morgan fingerprint density at radius 3 is 2.91 bits per heavy atom. The Morgan fingerprint density at radius 2 is 2.24 bits per heavy atom. The summed E-state index contributed by atoms with van der Waals surface area (Å²) < 4.78 is 18.8. The number of amidine groups is 1. The second kappa shape index (κ2) is 10.2. The molecule has 0 aliphatic carbocycles. The molecule has 1 aromatic carbocycles. The van der Waals surface area contributed by atoms with E-state index in [4.69, 9.17) is 16.3 Å². The molecule has 2 atom stereocenters. The predicted molar refractivity (Wildman–Crippen MR) is 125 cm³/mol. The van der Waals surface area contributed by atoms with Crippen LogP contribution >= 0.6 is 34.7 Å². The van der Waals surface area contributed by atoms with Crippen molar-refractivity contribution in [1.29, 1.82) is 0 Å². The summed E-state index contributed by atoms with van der Waals surface area (Å²) in [5.74, 6) is -0.451. The summed E-state index contributed by atoms with van der Waals surface area (Å²) in [6, 6.07) is 2.30. The van der Waals surface area contributed by atoms with E-state index in [1.54, 1.807) is 28.2 Å². The van der Waals surface area contributed by atoms with Gasteiger partial charge in [0.15, 0.2) is 10.8 Å². The number of hydrogen-bond acceptors (Lipinski definition) is 9. The van der Waals surface area contributed by atoms with Crippen molar-refractivity contribution in [3.05, 3.63) is 62.5 Å². The molecule has 12 heteroatoms.